The normalized spacial score (nSPS) is 15.0. The molecule has 1 aromatic carbocycles. The average molecular weight is 539 g/mol. The fourth-order valence-corrected chi connectivity index (χ4v) is 4.76. The third-order valence-electron chi connectivity index (χ3n) is 5.40. The first-order chi connectivity index (χ1) is 17.8. The van der Waals surface area contributed by atoms with Gasteiger partial charge in [0.25, 0.3) is 0 Å². The second-order valence-corrected chi connectivity index (χ2v) is 10.1. The second-order valence-electron chi connectivity index (χ2n) is 8.39. The van der Waals surface area contributed by atoms with Gasteiger partial charge in [0.05, 0.1) is 32.3 Å². The maximum Gasteiger partial charge on any atom is 0.460 e. The van der Waals surface area contributed by atoms with Crippen LogP contribution in [0.1, 0.15) is 32.7 Å². The van der Waals surface area contributed by atoms with E-state index in [0.29, 0.717) is 29.8 Å². The minimum atomic E-state index is -3.82. The van der Waals surface area contributed by atoms with Crippen LogP contribution in [0.15, 0.2) is 36.7 Å². The van der Waals surface area contributed by atoms with Crippen LogP contribution in [0.3, 0.4) is 0 Å². The third kappa shape index (κ3) is 8.09. The molecule has 37 heavy (non-hydrogen) atoms. The number of nitrogens with one attached hydrogen (secondary N) is 1. The lowest BCUT2D eigenvalue weighted by Crippen LogP contribution is -2.27. The zero-order valence-electron chi connectivity index (χ0n) is 21.4. The van der Waals surface area contributed by atoms with Crippen LogP contribution in [0.2, 0.25) is 0 Å². The van der Waals surface area contributed by atoms with Crippen LogP contribution in [0.4, 0.5) is 5.95 Å². The molecule has 0 aliphatic rings. The van der Waals surface area contributed by atoms with E-state index in [2.05, 4.69) is 20.0 Å². The lowest BCUT2D eigenvalue weighted by Gasteiger charge is -2.26. The molecule has 0 aliphatic carbocycles. The van der Waals surface area contributed by atoms with Crippen molar-refractivity contribution in [2.45, 2.75) is 44.9 Å². The molecule has 0 saturated carbocycles. The quantitative estimate of drug-likeness (QED) is 0.181. The van der Waals surface area contributed by atoms with Crippen LogP contribution < -0.4 is 20.1 Å². The number of methoxy groups -OCH3 is 2. The van der Waals surface area contributed by atoms with Crippen molar-refractivity contribution in [3.63, 3.8) is 0 Å². The Bertz CT molecular complexity index is 1160. The zero-order chi connectivity index (χ0) is 26.8. The number of imidazole rings is 1. The highest BCUT2D eigenvalue weighted by Gasteiger charge is 2.30. The van der Waals surface area contributed by atoms with Crippen molar-refractivity contribution >= 4 is 24.9 Å². The number of hydrogen-bond donors (Lipinski definition) is 3. The van der Waals surface area contributed by atoms with E-state index in [1.807, 2.05) is 19.9 Å². The third-order valence-corrected chi connectivity index (χ3v) is 6.85. The minimum absolute atomic E-state index is 0.0312. The SMILES string of the molecule is COc1nc(N)nc2c1ncn2[C@@H](CCO)CC(COP(=O)(NCOC(C)C)Oc1ccccc1)OC. The summed E-state index contributed by atoms with van der Waals surface area (Å²) in [4.78, 5) is 12.7. The molecule has 0 fully saturated rings. The van der Waals surface area contributed by atoms with Gasteiger partial charge in [-0.25, -0.2) is 9.55 Å². The average Bonchev–Trinajstić information content (AvgIpc) is 3.29. The Balaban J connectivity index is 1.76. The molecule has 2 aromatic heterocycles. The van der Waals surface area contributed by atoms with Crippen LogP contribution in [-0.2, 0) is 18.6 Å². The fourth-order valence-electron chi connectivity index (χ4n) is 3.56. The van der Waals surface area contributed by atoms with Crippen molar-refractivity contribution in [1.82, 2.24) is 24.6 Å². The summed E-state index contributed by atoms with van der Waals surface area (Å²) in [6.45, 7) is 3.54. The number of nitrogens with zero attached hydrogens (tertiary/aromatic N) is 4. The Morgan fingerprint density at radius 1 is 1.19 bits per heavy atom. The van der Waals surface area contributed by atoms with Crippen LogP contribution in [0.5, 0.6) is 11.6 Å². The summed E-state index contributed by atoms with van der Waals surface area (Å²) in [5.41, 5.74) is 6.75. The number of benzene rings is 1. The van der Waals surface area contributed by atoms with Gasteiger partial charge in [0.1, 0.15) is 12.5 Å². The number of aliphatic hydroxyl groups excluding tert-OH is 1. The summed E-state index contributed by atoms with van der Waals surface area (Å²) in [5.74, 6) is 0.671. The highest BCUT2D eigenvalue weighted by molar-refractivity contribution is 7.52. The number of aromatic nitrogens is 4. The molecule has 3 rings (SSSR count). The lowest BCUT2D eigenvalue weighted by molar-refractivity contribution is 0.0313. The maximum absolute atomic E-state index is 13.5. The second kappa shape index (κ2) is 13.7. The largest absolute Gasteiger partial charge is 0.479 e. The number of nitrogens with two attached hydrogens (primary N) is 1. The number of ether oxygens (including phenoxy) is 3. The first-order valence-electron chi connectivity index (χ1n) is 11.8. The maximum atomic E-state index is 13.5. The van der Waals surface area contributed by atoms with Crippen LogP contribution in [0.25, 0.3) is 11.2 Å². The Kier molecular flexibility index (Phi) is 10.6. The van der Waals surface area contributed by atoms with Crippen LogP contribution >= 0.6 is 7.75 Å². The van der Waals surface area contributed by atoms with Gasteiger partial charge in [0.2, 0.25) is 11.8 Å². The first kappa shape index (κ1) is 28.8. The van der Waals surface area contributed by atoms with Crippen molar-refractivity contribution in [2.24, 2.45) is 0 Å². The molecule has 3 atom stereocenters. The molecule has 0 saturated heterocycles. The minimum Gasteiger partial charge on any atom is -0.479 e. The van der Waals surface area contributed by atoms with Gasteiger partial charge in [0, 0.05) is 19.8 Å². The Morgan fingerprint density at radius 3 is 2.59 bits per heavy atom. The Labute approximate surface area is 215 Å². The molecule has 3 aromatic rings. The highest BCUT2D eigenvalue weighted by Crippen LogP contribution is 2.44. The fraction of sp³-hybridized carbons (Fsp3) is 0.522. The van der Waals surface area contributed by atoms with Gasteiger partial charge in [0.15, 0.2) is 11.2 Å². The van der Waals surface area contributed by atoms with Gasteiger partial charge in [-0.05, 0) is 38.8 Å². The van der Waals surface area contributed by atoms with Crippen molar-refractivity contribution in [3.05, 3.63) is 36.7 Å². The number of nitrogen functional groups attached to an aromatic ring is 1. The molecule has 2 unspecified atom stereocenters. The van der Waals surface area contributed by atoms with Gasteiger partial charge in [-0.15, -0.1) is 0 Å². The van der Waals surface area contributed by atoms with E-state index in [0.717, 1.165) is 0 Å². The van der Waals surface area contributed by atoms with Crippen LogP contribution in [0, 0.1) is 0 Å². The topological polar surface area (TPSA) is 165 Å². The summed E-state index contributed by atoms with van der Waals surface area (Å²) in [6, 6.07) is 8.42. The summed E-state index contributed by atoms with van der Waals surface area (Å²) in [5, 5.41) is 12.5. The molecule has 0 spiro atoms. The van der Waals surface area contributed by atoms with Gasteiger partial charge in [-0.2, -0.15) is 15.1 Å². The Morgan fingerprint density at radius 2 is 1.95 bits per heavy atom. The molecule has 2 heterocycles. The van der Waals surface area contributed by atoms with Gasteiger partial charge in [-0.3, -0.25) is 4.52 Å². The van der Waals surface area contributed by atoms with E-state index in [4.69, 9.17) is 29.0 Å². The van der Waals surface area contributed by atoms with E-state index in [1.165, 1.54) is 14.2 Å². The molecule has 0 bridgehead atoms. The van der Waals surface area contributed by atoms with E-state index >= 15 is 0 Å². The molecule has 204 valence electrons. The predicted molar refractivity (Wildman–Crippen MR) is 137 cm³/mol. The van der Waals surface area contributed by atoms with E-state index < -0.39 is 13.9 Å². The molecular formula is C23H35N6O7P. The number of fused-ring (bicyclic) bond motifs is 1. The van der Waals surface area contributed by atoms with Gasteiger partial charge < -0.3 is 34.1 Å². The number of rotatable bonds is 16. The van der Waals surface area contributed by atoms with E-state index in [9.17, 15) is 9.67 Å². The predicted octanol–water partition coefficient (Wildman–Crippen LogP) is 2.92. The molecule has 0 amide bonds. The van der Waals surface area contributed by atoms with E-state index in [-0.39, 0.29) is 43.9 Å². The number of aliphatic hydroxyl groups is 1. The smallest absolute Gasteiger partial charge is 0.460 e. The molecule has 13 nitrogen and oxygen atoms in total. The number of hydrogen-bond acceptors (Lipinski definition) is 11. The molecule has 4 N–H and O–H groups in total. The summed E-state index contributed by atoms with van der Waals surface area (Å²) >= 11 is 0. The molecule has 0 radical (unpaired) electrons. The van der Waals surface area contributed by atoms with Crippen molar-refractivity contribution in [1.29, 1.82) is 0 Å². The van der Waals surface area contributed by atoms with Crippen LogP contribution in [-0.4, -0.2) is 71.0 Å². The lowest BCUT2D eigenvalue weighted by atomic mass is 10.1. The molecule has 0 aliphatic heterocycles. The van der Waals surface area contributed by atoms with E-state index in [1.54, 1.807) is 35.2 Å². The summed E-state index contributed by atoms with van der Waals surface area (Å²) in [7, 11) is -0.820. The summed E-state index contributed by atoms with van der Waals surface area (Å²) < 4.78 is 43.1. The zero-order valence-corrected chi connectivity index (χ0v) is 22.3. The van der Waals surface area contributed by atoms with Crippen molar-refractivity contribution in [2.75, 3.05) is 39.9 Å². The Hall–Kier alpha value is -2.80. The molecule has 14 heteroatoms. The van der Waals surface area contributed by atoms with Crippen molar-refractivity contribution in [3.8, 4) is 11.6 Å². The monoisotopic (exact) mass is 538 g/mol. The van der Waals surface area contributed by atoms with Gasteiger partial charge >= 0.3 is 7.75 Å². The summed E-state index contributed by atoms with van der Waals surface area (Å²) in [6.07, 6.45) is 1.74. The highest BCUT2D eigenvalue weighted by atomic mass is 31.2. The molecular weight excluding hydrogens is 503 g/mol. The standard InChI is InChI=1S/C23H35N6O7P/c1-16(2)34-15-26-37(31,36-18-8-6-5-7-9-18)35-13-19(32-3)12-17(10-11-30)29-14-25-20-21(29)27-23(24)28-22(20)33-4/h5-9,14,16-17,19,30H,10-13,15H2,1-4H3,(H,26,31)(H2,24,27,28)/t17-,19?,37?/m0/s1. The van der Waals surface area contributed by atoms with Crippen molar-refractivity contribution < 1.29 is 32.9 Å². The number of para-hydroxylation sites is 1. The van der Waals surface area contributed by atoms with Gasteiger partial charge in [-0.1, -0.05) is 18.2 Å². The first-order valence-corrected chi connectivity index (χ1v) is 13.4. The number of anilines is 1.